The third kappa shape index (κ3) is 4.92. The molecule has 0 aromatic carbocycles. The van der Waals surface area contributed by atoms with Gasteiger partial charge in [0.2, 0.25) is 0 Å². The van der Waals surface area contributed by atoms with Crippen molar-refractivity contribution in [2.45, 2.75) is 46.5 Å². The van der Waals surface area contributed by atoms with E-state index in [1.807, 2.05) is 11.3 Å². The van der Waals surface area contributed by atoms with Crippen molar-refractivity contribution in [2.24, 2.45) is 23.7 Å². The van der Waals surface area contributed by atoms with Crippen LogP contribution in [-0.4, -0.2) is 13.1 Å². The van der Waals surface area contributed by atoms with Crippen LogP contribution in [0.5, 0.6) is 0 Å². The molecule has 0 amide bonds. The fourth-order valence-corrected chi connectivity index (χ4v) is 4.12. The maximum Gasteiger partial charge on any atom is 0.00480 e. The molecule has 2 heteroatoms. The molecular weight excluding hydrogens is 250 g/mol. The van der Waals surface area contributed by atoms with Gasteiger partial charge in [-0.25, -0.2) is 0 Å². The van der Waals surface area contributed by atoms with Gasteiger partial charge in [0.05, 0.1) is 0 Å². The highest BCUT2D eigenvalue weighted by atomic mass is 32.1. The first kappa shape index (κ1) is 15.1. The maximum absolute atomic E-state index is 3.68. The third-order valence-electron chi connectivity index (χ3n) is 4.40. The number of rotatable bonds is 6. The zero-order valence-electron chi connectivity index (χ0n) is 12.7. The van der Waals surface area contributed by atoms with E-state index >= 15 is 0 Å². The van der Waals surface area contributed by atoms with Gasteiger partial charge in [-0.15, -0.1) is 11.3 Å². The normalized spacial score (nSPS) is 27.9. The quantitative estimate of drug-likeness (QED) is 0.803. The second-order valence-corrected chi connectivity index (χ2v) is 7.81. The molecular formula is C17H29NS. The van der Waals surface area contributed by atoms with E-state index in [1.165, 1.54) is 32.2 Å². The lowest BCUT2D eigenvalue weighted by atomic mass is 9.73. The van der Waals surface area contributed by atoms with Crippen molar-refractivity contribution in [3.63, 3.8) is 0 Å². The molecule has 2 rings (SSSR count). The van der Waals surface area contributed by atoms with Crippen molar-refractivity contribution in [3.8, 4) is 0 Å². The zero-order chi connectivity index (χ0) is 13.7. The fourth-order valence-electron chi connectivity index (χ4n) is 3.32. The summed E-state index contributed by atoms with van der Waals surface area (Å²) in [5.41, 5.74) is 0. The first-order valence-corrected chi connectivity index (χ1v) is 8.76. The Morgan fingerprint density at radius 1 is 1.32 bits per heavy atom. The first-order valence-electron chi connectivity index (χ1n) is 7.88. The molecule has 108 valence electrons. The van der Waals surface area contributed by atoms with E-state index in [0.29, 0.717) is 0 Å². The van der Waals surface area contributed by atoms with Crippen molar-refractivity contribution in [1.82, 2.24) is 5.32 Å². The fraction of sp³-hybridized carbons (Fsp3) is 0.765. The molecule has 1 aliphatic rings. The topological polar surface area (TPSA) is 12.0 Å². The summed E-state index contributed by atoms with van der Waals surface area (Å²) in [5, 5.41) is 5.90. The van der Waals surface area contributed by atoms with Gasteiger partial charge in [-0.2, -0.15) is 0 Å². The summed E-state index contributed by atoms with van der Waals surface area (Å²) >= 11 is 1.93. The molecule has 3 unspecified atom stereocenters. The van der Waals surface area contributed by atoms with Gasteiger partial charge in [0, 0.05) is 4.88 Å². The minimum atomic E-state index is 0.762. The SMILES string of the molecule is CC(C)CNCC1CCC(C)CC1Cc1cccs1. The van der Waals surface area contributed by atoms with Crippen LogP contribution in [0.15, 0.2) is 17.5 Å². The Morgan fingerprint density at radius 2 is 2.16 bits per heavy atom. The molecule has 19 heavy (non-hydrogen) atoms. The molecule has 0 spiro atoms. The monoisotopic (exact) mass is 279 g/mol. The molecule has 1 N–H and O–H groups in total. The Kier molecular flexibility index (Phi) is 5.90. The standard InChI is InChI=1S/C17H29NS/c1-13(2)11-18-12-15-7-6-14(3)9-16(15)10-17-5-4-8-19-17/h4-5,8,13-16,18H,6-7,9-12H2,1-3H3. The van der Waals surface area contributed by atoms with Crippen LogP contribution in [0, 0.1) is 23.7 Å². The van der Waals surface area contributed by atoms with Gasteiger partial charge in [0.15, 0.2) is 0 Å². The van der Waals surface area contributed by atoms with Crippen LogP contribution < -0.4 is 5.32 Å². The molecule has 0 aliphatic heterocycles. The van der Waals surface area contributed by atoms with Crippen molar-refractivity contribution in [3.05, 3.63) is 22.4 Å². The number of hydrogen-bond acceptors (Lipinski definition) is 2. The molecule has 1 fully saturated rings. The average molecular weight is 279 g/mol. The smallest absolute Gasteiger partial charge is 0.00480 e. The lowest BCUT2D eigenvalue weighted by molar-refractivity contribution is 0.183. The minimum Gasteiger partial charge on any atom is -0.316 e. The molecule has 0 radical (unpaired) electrons. The van der Waals surface area contributed by atoms with E-state index in [-0.39, 0.29) is 0 Å². The van der Waals surface area contributed by atoms with Crippen molar-refractivity contribution >= 4 is 11.3 Å². The molecule has 3 atom stereocenters. The molecule has 1 aliphatic carbocycles. The van der Waals surface area contributed by atoms with E-state index in [1.54, 1.807) is 4.88 Å². The third-order valence-corrected chi connectivity index (χ3v) is 5.30. The number of nitrogens with one attached hydrogen (secondary N) is 1. The van der Waals surface area contributed by atoms with E-state index in [2.05, 4.69) is 43.6 Å². The summed E-state index contributed by atoms with van der Waals surface area (Å²) in [6.07, 6.45) is 5.57. The lowest BCUT2D eigenvalue weighted by Gasteiger charge is -2.35. The summed E-state index contributed by atoms with van der Waals surface area (Å²) in [7, 11) is 0. The van der Waals surface area contributed by atoms with Crippen molar-refractivity contribution < 1.29 is 0 Å². The van der Waals surface area contributed by atoms with Gasteiger partial charge in [-0.1, -0.05) is 33.3 Å². The Balaban J connectivity index is 1.87. The number of hydrogen-bond donors (Lipinski definition) is 1. The summed E-state index contributed by atoms with van der Waals surface area (Å²) in [6.45, 7) is 9.40. The van der Waals surface area contributed by atoms with Crippen LogP contribution in [0.4, 0.5) is 0 Å². The maximum atomic E-state index is 3.68. The van der Waals surface area contributed by atoms with Crippen LogP contribution >= 0.6 is 11.3 Å². The summed E-state index contributed by atoms with van der Waals surface area (Å²) in [4.78, 5) is 1.58. The van der Waals surface area contributed by atoms with E-state index in [0.717, 1.165) is 30.2 Å². The highest BCUT2D eigenvalue weighted by Crippen LogP contribution is 2.36. The Hall–Kier alpha value is -0.340. The molecule has 0 saturated heterocycles. The van der Waals surface area contributed by atoms with Gasteiger partial charge in [-0.3, -0.25) is 0 Å². The van der Waals surface area contributed by atoms with Gasteiger partial charge in [0.25, 0.3) is 0 Å². The van der Waals surface area contributed by atoms with Crippen LogP contribution in [0.2, 0.25) is 0 Å². The minimum absolute atomic E-state index is 0.762. The second-order valence-electron chi connectivity index (χ2n) is 6.77. The highest BCUT2D eigenvalue weighted by molar-refractivity contribution is 7.09. The van der Waals surface area contributed by atoms with Crippen LogP contribution in [0.1, 0.15) is 44.9 Å². The zero-order valence-corrected chi connectivity index (χ0v) is 13.5. The largest absolute Gasteiger partial charge is 0.316 e. The number of thiophene rings is 1. The van der Waals surface area contributed by atoms with Crippen LogP contribution in [-0.2, 0) is 6.42 Å². The summed E-state index contributed by atoms with van der Waals surface area (Å²) < 4.78 is 0. The van der Waals surface area contributed by atoms with Gasteiger partial charge < -0.3 is 5.32 Å². The predicted octanol–water partition coefficient (Wildman–Crippen LogP) is 4.59. The Morgan fingerprint density at radius 3 is 2.84 bits per heavy atom. The van der Waals surface area contributed by atoms with E-state index in [4.69, 9.17) is 0 Å². The van der Waals surface area contributed by atoms with Gasteiger partial charge in [-0.05, 0) is 67.5 Å². The van der Waals surface area contributed by atoms with Crippen molar-refractivity contribution in [2.75, 3.05) is 13.1 Å². The van der Waals surface area contributed by atoms with Crippen LogP contribution in [0.25, 0.3) is 0 Å². The molecule has 0 bridgehead atoms. The first-order chi connectivity index (χ1) is 9.15. The van der Waals surface area contributed by atoms with Crippen LogP contribution in [0.3, 0.4) is 0 Å². The summed E-state index contributed by atoms with van der Waals surface area (Å²) in [6, 6.07) is 4.50. The summed E-state index contributed by atoms with van der Waals surface area (Å²) in [5.74, 6) is 3.46. The second kappa shape index (κ2) is 7.44. The molecule has 1 aromatic heterocycles. The molecule has 1 aromatic rings. The molecule has 1 nitrogen and oxygen atoms in total. The Bertz CT molecular complexity index is 344. The van der Waals surface area contributed by atoms with Gasteiger partial charge in [0.1, 0.15) is 0 Å². The van der Waals surface area contributed by atoms with Crippen molar-refractivity contribution in [1.29, 1.82) is 0 Å². The lowest BCUT2D eigenvalue weighted by Crippen LogP contribution is -2.35. The van der Waals surface area contributed by atoms with E-state index in [9.17, 15) is 0 Å². The predicted molar refractivity (Wildman–Crippen MR) is 85.7 cm³/mol. The molecule has 1 saturated carbocycles. The molecule has 1 heterocycles. The van der Waals surface area contributed by atoms with E-state index < -0.39 is 0 Å². The van der Waals surface area contributed by atoms with Gasteiger partial charge >= 0.3 is 0 Å². The Labute approximate surface area is 122 Å². The average Bonchev–Trinajstić information content (AvgIpc) is 2.84. The highest BCUT2D eigenvalue weighted by Gasteiger charge is 2.28.